The predicted octanol–water partition coefficient (Wildman–Crippen LogP) is 3.09. The first-order valence-electron chi connectivity index (χ1n) is 8.60. The molecule has 0 aliphatic carbocycles. The highest BCUT2D eigenvalue weighted by molar-refractivity contribution is 6.30. The number of benzene rings is 2. The lowest BCUT2D eigenvalue weighted by Gasteiger charge is -2.24. The Labute approximate surface area is 167 Å². The molecule has 1 aliphatic heterocycles. The molecule has 0 saturated carbocycles. The number of hydrogen-bond acceptors (Lipinski definition) is 6. The standard InChI is InChI=1S/C20H20ClNO6/c1-25-17-6-4-15(9-18(17)26-2)22-19(23)11-28-20(24)13-7-12-8-14(21)3-5-16(12)27-10-13/h3-6,8-9,13H,7,10-11H2,1-2H3,(H,22,23)/t13-/m0/s1. The van der Waals surface area contributed by atoms with Crippen LogP contribution in [0.15, 0.2) is 36.4 Å². The van der Waals surface area contributed by atoms with Crippen LogP contribution in [0.1, 0.15) is 5.56 Å². The molecule has 0 radical (unpaired) electrons. The smallest absolute Gasteiger partial charge is 0.313 e. The van der Waals surface area contributed by atoms with Crippen LogP contribution in [-0.2, 0) is 20.7 Å². The van der Waals surface area contributed by atoms with Crippen LogP contribution in [0.25, 0.3) is 0 Å². The van der Waals surface area contributed by atoms with Gasteiger partial charge in [-0.25, -0.2) is 0 Å². The largest absolute Gasteiger partial charge is 0.493 e. The molecule has 148 valence electrons. The Morgan fingerprint density at radius 3 is 2.68 bits per heavy atom. The van der Waals surface area contributed by atoms with Gasteiger partial charge in [0.2, 0.25) is 0 Å². The van der Waals surface area contributed by atoms with E-state index < -0.39 is 24.4 Å². The maximum absolute atomic E-state index is 12.3. The summed E-state index contributed by atoms with van der Waals surface area (Å²) in [4.78, 5) is 24.4. The number of carbonyl (C=O) groups is 2. The van der Waals surface area contributed by atoms with Crippen LogP contribution in [0.2, 0.25) is 5.02 Å². The van der Waals surface area contributed by atoms with E-state index in [1.807, 2.05) is 0 Å². The van der Waals surface area contributed by atoms with Crippen molar-refractivity contribution in [1.29, 1.82) is 0 Å². The van der Waals surface area contributed by atoms with Crippen molar-refractivity contribution in [3.63, 3.8) is 0 Å². The summed E-state index contributed by atoms with van der Waals surface area (Å²) in [6.45, 7) is -0.198. The minimum absolute atomic E-state index is 0.199. The molecule has 0 saturated heterocycles. The van der Waals surface area contributed by atoms with Gasteiger partial charge in [0.15, 0.2) is 18.1 Å². The number of nitrogens with one attached hydrogen (secondary N) is 1. The number of fused-ring (bicyclic) bond motifs is 1. The van der Waals surface area contributed by atoms with Crippen LogP contribution in [0.5, 0.6) is 17.2 Å². The summed E-state index contributed by atoms with van der Waals surface area (Å²) in [6, 6.07) is 10.2. The van der Waals surface area contributed by atoms with Gasteiger partial charge < -0.3 is 24.3 Å². The van der Waals surface area contributed by atoms with E-state index in [1.165, 1.54) is 14.2 Å². The third kappa shape index (κ3) is 4.67. The highest BCUT2D eigenvalue weighted by atomic mass is 35.5. The number of amides is 1. The van der Waals surface area contributed by atoms with Gasteiger partial charge in [-0.1, -0.05) is 11.6 Å². The normalized spacial score (nSPS) is 15.0. The Balaban J connectivity index is 1.53. The van der Waals surface area contributed by atoms with Crippen molar-refractivity contribution in [2.24, 2.45) is 5.92 Å². The SMILES string of the molecule is COc1ccc(NC(=O)COC(=O)[C@@H]2COc3ccc(Cl)cc3C2)cc1OC. The van der Waals surface area contributed by atoms with Crippen LogP contribution in [-0.4, -0.2) is 39.3 Å². The fraction of sp³-hybridized carbons (Fsp3) is 0.300. The monoisotopic (exact) mass is 405 g/mol. The van der Waals surface area contributed by atoms with Crippen molar-refractivity contribution in [3.8, 4) is 17.2 Å². The van der Waals surface area contributed by atoms with Crippen molar-refractivity contribution < 1.29 is 28.5 Å². The summed E-state index contributed by atoms with van der Waals surface area (Å²) in [5.41, 5.74) is 1.35. The molecule has 0 bridgehead atoms. The molecule has 1 heterocycles. The van der Waals surface area contributed by atoms with Gasteiger partial charge in [0.1, 0.15) is 12.4 Å². The zero-order valence-corrected chi connectivity index (χ0v) is 16.2. The van der Waals surface area contributed by atoms with E-state index >= 15 is 0 Å². The average Bonchev–Trinajstić information content (AvgIpc) is 2.71. The van der Waals surface area contributed by atoms with Gasteiger partial charge in [0.25, 0.3) is 5.91 Å². The number of halogens is 1. The number of methoxy groups -OCH3 is 2. The summed E-state index contributed by atoms with van der Waals surface area (Å²) in [5, 5.41) is 3.22. The molecule has 0 aromatic heterocycles. The van der Waals surface area contributed by atoms with Crippen LogP contribution in [0.3, 0.4) is 0 Å². The lowest BCUT2D eigenvalue weighted by atomic mass is 9.97. The summed E-state index contributed by atoms with van der Waals surface area (Å²) in [6.07, 6.45) is 0.450. The van der Waals surface area contributed by atoms with Crippen LogP contribution in [0, 0.1) is 5.92 Å². The summed E-state index contributed by atoms with van der Waals surface area (Å²) in [7, 11) is 3.03. The van der Waals surface area contributed by atoms with E-state index in [0.29, 0.717) is 34.4 Å². The number of carbonyl (C=O) groups excluding carboxylic acids is 2. The van der Waals surface area contributed by atoms with Crippen molar-refractivity contribution in [1.82, 2.24) is 0 Å². The molecule has 1 atom stereocenters. The number of ether oxygens (including phenoxy) is 4. The number of rotatable bonds is 6. The first kappa shape index (κ1) is 19.8. The van der Waals surface area contributed by atoms with Gasteiger partial charge in [0, 0.05) is 16.8 Å². The quantitative estimate of drug-likeness (QED) is 0.743. The number of hydrogen-bond donors (Lipinski definition) is 1. The third-order valence-electron chi connectivity index (χ3n) is 4.28. The molecule has 1 N–H and O–H groups in total. The van der Waals surface area contributed by atoms with E-state index in [0.717, 1.165) is 5.56 Å². The molecule has 7 nitrogen and oxygen atoms in total. The van der Waals surface area contributed by atoms with E-state index in [2.05, 4.69) is 5.32 Å². The Hall–Kier alpha value is -2.93. The maximum Gasteiger partial charge on any atom is 0.313 e. The molecule has 2 aromatic rings. The van der Waals surface area contributed by atoms with Gasteiger partial charge in [-0.05, 0) is 42.3 Å². The average molecular weight is 406 g/mol. The highest BCUT2D eigenvalue weighted by Gasteiger charge is 2.28. The fourth-order valence-corrected chi connectivity index (χ4v) is 3.07. The molecule has 0 fully saturated rings. The molecule has 1 aliphatic rings. The zero-order chi connectivity index (χ0) is 20.1. The Bertz CT molecular complexity index is 885. The fourth-order valence-electron chi connectivity index (χ4n) is 2.88. The Kier molecular flexibility index (Phi) is 6.26. The molecule has 0 unspecified atom stereocenters. The van der Waals surface area contributed by atoms with Gasteiger partial charge in [-0.15, -0.1) is 0 Å². The number of esters is 1. The van der Waals surface area contributed by atoms with Crippen LogP contribution < -0.4 is 19.5 Å². The second kappa shape index (κ2) is 8.84. The summed E-state index contributed by atoms with van der Waals surface area (Å²) in [5.74, 6) is 0.298. The van der Waals surface area contributed by atoms with Gasteiger partial charge >= 0.3 is 5.97 Å². The molecule has 28 heavy (non-hydrogen) atoms. The predicted molar refractivity (Wildman–Crippen MR) is 103 cm³/mol. The van der Waals surface area contributed by atoms with E-state index in [-0.39, 0.29) is 6.61 Å². The van der Waals surface area contributed by atoms with Crippen LogP contribution in [0.4, 0.5) is 5.69 Å². The first-order chi connectivity index (χ1) is 13.5. The van der Waals surface area contributed by atoms with E-state index in [4.69, 9.17) is 30.5 Å². The molecule has 1 amide bonds. The van der Waals surface area contributed by atoms with Gasteiger partial charge in [-0.2, -0.15) is 0 Å². The molecule has 0 spiro atoms. The molecule has 2 aromatic carbocycles. The van der Waals surface area contributed by atoms with Gasteiger partial charge in [0.05, 0.1) is 20.1 Å². The first-order valence-corrected chi connectivity index (χ1v) is 8.97. The Morgan fingerprint density at radius 1 is 1.14 bits per heavy atom. The summed E-state index contributed by atoms with van der Waals surface area (Å²) < 4.78 is 21.1. The van der Waals surface area contributed by atoms with Crippen molar-refractivity contribution in [2.45, 2.75) is 6.42 Å². The third-order valence-corrected chi connectivity index (χ3v) is 4.51. The molecular weight excluding hydrogens is 386 g/mol. The van der Waals surface area contributed by atoms with E-state index in [1.54, 1.807) is 36.4 Å². The maximum atomic E-state index is 12.3. The van der Waals surface area contributed by atoms with Crippen molar-refractivity contribution >= 4 is 29.2 Å². The Morgan fingerprint density at radius 2 is 1.93 bits per heavy atom. The van der Waals surface area contributed by atoms with Gasteiger partial charge in [-0.3, -0.25) is 9.59 Å². The minimum Gasteiger partial charge on any atom is -0.493 e. The van der Waals surface area contributed by atoms with Crippen molar-refractivity contribution in [2.75, 3.05) is 32.8 Å². The topological polar surface area (TPSA) is 83.1 Å². The number of anilines is 1. The second-order valence-electron chi connectivity index (χ2n) is 6.19. The second-order valence-corrected chi connectivity index (χ2v) is 6.63. The zero-order valence-electron chi connectivity index (χ0n) is 15.5. The van der Waals surface area contributed by atoms with Crippen LogP contribution >= 0.6 is 11.6 Å². The van der Waals surface area contributed by atoms with Crippen molar-refractivity contribution in [3.05, 3.63) is 47.0 Å². The minimum atomic E-state index is -0.493. The molecular formula is C20H20ClNO6. The molecule has 3 rings (SSSR count). The molecule has 8 heteroatoms. The lowest BCUT2D eigenvalue weighted by molar-refractivity contribution is -0.152. The summed E-state index contributed by atoms with van der Waals surface area (Å²) >= 11 is 5.98. The highest BCUT2D eigenvalue weighted by Crippen LogP contribution is 2.31. The lowest BCUT2D eigenvalue weighted by Crippen LogP contribution is -2.32. The van der Waals surface area contributed by atoms with E-state index in [9.17, 15) is 9.59 Å².